The van der Waals surface area contributed by atoms with Gasteiger partial charge < -0.3 is 5.32 Å². The van der Waals surface area contributed by atoms with Crippen LogP contribution < -0.4 is 5.32 Å². The predicted octanol–water partition coefficient (Wildman–Crippen LogP) is 3.07. The fourth-order valence-corrected chi connectivity index (χ4v) is 1.72. The molecule has 17 heavy (non-hydrogen) atoms. The second-order valence-electron chi connectivity index (χ2n) is 4.11. The molecule has 3 heteroatoms. The molecule has 0 aromatic rings. The molecule has 1 aliphatic carbocycles. The summed E-state index contributed by atoms with van der Waals surface area (Å²) < 4.78 is 0. The third kappa shape index (κ3) is 4.81. The molecular weight excluding hydrogens is 210 g/mol. The Morgan fingerprint density at radius 2 is 2.41 bits per heavy atom. The molecule has 0 fully saturated rings. The molecule has 0 aliphatic heterocycles. The zero-order chi connectivity index (χ0) is 12.5. The second kappa shape index (κ2) is 7.60. The molecule has 0 aromatic heterocycles. The van der Waals surface area contributed by atoms with Crippen molar-refractivity contribution in [2.45, 2.75) is 32.7 Å². The van der Waals surface area contributed by atoms with Crippen molar-refractivity contribution in [2.75, 3.05) is 0 Å². The van der Waals surface area contributed by atoms with Gasteiger partial charge in [-0.3, -0.25) is 10.4 Å². The summed E-state index contributed by atoms with van der Waals surface area (Å²) in [5.41, 5.74) is 0. The van der Waals surface area contributed by atoms with Crippen LogP contribution in [0.25, 0.3) is 0 Å². The standard InChI is InChI=1S/C14H21N3/c1-3-4-8-12(2)17-14(16-11-15)13-9-6-5-7-10-13/h3-7,9,11-13H,8,10H2,1-2H3,(H2,15,16,17)/b4-3-. The molecule has 2 unspecified atom stereocenters. The van der Waals surface area contributed by atoms with E-state index in [1.165, 1.54) is 6.34 Å². The van der Waals surface area contributed by atoms with Gasteiger partial charge in [-0.2, -0.15) is 0 Å². The van der Waals surface area contributed by atoms with Gasteiger partial charge in [-0.1, -0.05) is 36.5 Å². The van der Waals surface area contributed by atoms with Crippen LogP contribution >= 0.6 is 0 Å². The van der Waals surface area contributed by atoms with Crippen molar-refractivity contribution in [1.82, 2.24) is 5.32 Å². The summed E-state index contributed by atoms with van der Waals surface area (Å²) >= 11 is 0. The van der Waals surface area contributed by atoms with Crippen LogP contribution in [-0.2, 0) is 0 Å². The van der Waals surface area contributed by atoms with E-state index < -0.39 is 0 Å². The molecular formula is C14H21N3. The first kappa shape index (κ1) is 13.4. The van der Waals surface area contributed by atoms with Crippen molar-refractivity contribution in [3.8, 4) is 0 Å². The topological polar surface area (TPSA) is 48.2 Å². The number of hydrogen-bond acceptors (Lipinski definition) is 2. The number of nitrogens with zero attached hydrogens (tertiary/aromatic N) is 1. The third-order valence-corrected chi connectivity index (χ3v) is 2.62. The van der Waals surface area contributed by atoms with Crippen LogP contribution in [0.1, 0.15) is 26.7 Å². The Balaban J connectivity index is 2.69. The lowest BCUT2D eigenvalue weighted by Gasteiger charge is -2.17. The molecule has 1 aliphatic rings. The number of rotatable bonds is 5. The molecule has 0 bridgehead atoms. The first-order valence-electron chi connectivity index (χ1n) is 6.05. The van der Waals surface area contributed by atoms with Gasteiger partial charge in [-0.05, 0) is 26.7 Å². The van der Waals surface area contributed by atoms with E-state index in [9.17, 15) is 0 Å². The van der Waals surface area contributed by atoms with Gasteiger partial charge in [0.15, 0.2) is 0 Å². The van der Waals surface area contributed by atoms with Crippen LogP contribution in [0.15, 0.2) is 41.4 Å². The van der Waals surface area contributed by atoms with Crippen molar-refractivity contribution in [3.63, 3.8) is 0 Å². The molecule has 0 radical (unpaired) electrons. The number of allylic oxidation sites excluding steroid dienone is 4. The highest BCUT2D eigenvalue weighted by atomic mass is 15.0. The molecule has 0 heterocycles. The second-order valence-corrected chi connectivity index (χ2v) is 4.11. The van der Waals surface area contributed by atoms with Gasteiger partial charge in [0.25, 0.3) is 0 Å². The monoisotopic (exact) mass is 231 g/mol. The van der Waals surface area contributed by atoms with Gasteiger partial charge in [-0.15, -0.1) is 0 Å². The number of hydrogen-bond donors (Lipinski definition) is 2. The van der Waals surface area contributed by atoms with Crippen molar-refractivity contribution >= 4 is 12.2 Å². The van der Waals surface area contributed by atoms with E-state index in [2.05, 4.69) is 35.5 Å². The number of aliphatic imine (C=N–C) groups is 1. The third-order valence-electron chi connectivity index (χ3n) is 2.62. The first-order chi connectivity index (χ1) is 8.27. The maximum absolute atomic E-state index is 7.16. The summed E-state index contributed by atoms with van der Waals surface area (Å²) in [5, 5.41) is 10.1. The Morgan fingerprint density at radius 3 is 3.00 bits per heavy atom. The molecule has 0 amide bonds. The molecule has 92 valence electrons. The summed E-state index contributed by atoms with van der Waals surface area (Å²) in [6, 6.07) is 0.243. The summed E-state index contributed by atoms with van der Waals surface area (Å²) in [6.07, 6.45) is 15.6. The van der Waals surface area contributed by atoms with Gasteiger partial charge in [0.1, 0.15) is 5.84 Å². The lowest BCUT2D eigenvalue weighted by Crippen LogP contribution is -2.30. The fraction of sp³-hybridized carbons (Fsp3) is 0.429. The van der Waals surface area contributed by atoms with Gasteiger partial charge in [-0.25, -0.2) is 0 Å². The van der Waals surface area contributed by atoms with Gasteiger partial charge >= 0.3 is 0 Å². The molecule has 0 spiro atoms. The molecule has 3 nitrogen and oxygen atoms in total. The Hall–Kier alpha value is -1.64. The van der Waals surface area contributed by atoms with Crippen molar-refractivity contribution in [1.29, 1.82) is 5.41 Å². The van der Waals surface area contributed by atoms with Crippen LogP contribution in [0.4, 0.5) is 0 Å². The Kier molecular flexibility index (Phi) is 6.00. The SMILES string of the molecule is C/C=C\CC(C)N=C(NC=N)C1C=CC=CC1. The van der Waals surface area contributed by atoms with E-state index in [1.54, 1.807) is 0 Å². The molecule has 0 saturated heterocycles. The zero-order valence-electron chi connectivity index (χ0n) is 10.6. The van der Waals surface area contributed by atoms with Crippen molar-refractivity contribution in [2.24, 2.45) is 10.9 Å². The number of amidine groups is 1. The normalized spacial score (nSPS) is 21.8. The summed E-state index contributed by atoms with van der Waals surface area (Å²) in [4.78, 5) is 4.65. The average Bonchev–Trinajstić information content (AvgIpc) is 2.37. The zero-order valence-corrected chi connectivity index (χ0v) is 10.6. The van der Waals surface area contributed by atoms with Crippen LogP contribution in [0.2, 0.25) is 0 Å². The van der Waals surface area contributed by atoms with Crippen molar-refractivity contribution < 1.29 is 0 Å². The maximum atomic E-state index is 7.16. The maximum Gasteiger partial charge on any atom is 0.109 e. The molecule has 0 saturated carbocycles. The molecule has 1 rings (SSSR count). The van der Waals surface area contributed by atoms with E-state index in [1.807, 2.05) is 25.2 Å². The van der Waals surface area contributed by atoms with E-state index in [4.69, 9.17) is 5.41 Å². The van der Waals surface area contributed by atoms with Gasteiger partial charge in [0, 0.05) is 5.92 Å². The summed E-state index contributed by atoms with van der Waals surface area (Å²) in [7, 11) is 0. The summed E-state index contributed by atoms with van der Waals surface area (Å²) in [5.74, 6) is 1.16. The average molecular weight is 231 g/mol. The van der Waals surface area contributed by atoms with E-state index >= 15 is 0 Å². The van der Waals surface area contributed by atoms with Crippen LogP contribution in [-0.4, -0.2) is 18.2 Å². The lowest BCUT2D eigenvalue weighted by atomic mass is 9.99. The Labute approximate surface area is 104 Å². The lowest BCUT2D eigenvalue weighted by molar-refractivity contribution is 0.731. The molecule has 2 atom stereocenters. The van der Waals surface area contributed by atoms with Crippen LogP contribution in [0.3, 0.4) is 0 Å². The van der Waals surface area contributed by atoms with E-state index in [-0.39, 0.29) is 12.0 Å². The van der Waals surface area contributed by atoms with E-state index in [0.717, 1.165) is 18.7 Å². The minimum atomic E-state index is 0.243. The Morgan fingerprint density at radius 1 is 1.59 bits per heavy atom. The highest BCUT2D eigenvalue weighted by Crippen LogP contribution is 2.13. The predicted molar refractivity (Wildman–Crippen MR) is 74.6 cm³/mol. The highest BCUT2D eigenvalue weighted by molar-refractivity contribution is 5.94. The highest BCUT2D eigenvalue weighted by Gasteiger charge is 2.13. The molecule has 0 aromatic carbocycles. The van der Waals surface area contributed by atoms with Gasteiger partial charge in [0.05, 0.1) is 12.4 Å². The quantitative estimate of drug-likeness (QED) is 0.426. The van der Waals surface area contributed by atoms with Gasteiger partial charge in [0.2, 0.25) is 0 Å². The smallest absolute Gasteiger partial charge is 0.109 e. The Bertz CT molecular complexity index is 350. The first-order valence-corrected chi connectivity index (χ1v) is 6.05. The minimum absolute atomic E-state index is 0.243. The molecule has 2 N–H and O–H groups in total. The summed E-state index contributed by atoms with van der Waals surface area (Å²) in [6.45, 7) is 4.11. The van der Waals surface area contributed by atoms with Crippen LogP contribution in [0.5, 0.6) is 0 Å². The largest absolute Gasteiger partial charge is 0.335 e. The fourth-order valence-electron chi connectivity index (χ4n) is 1.72. The van der Waals surface area contributed by atoms with Crippen LogP contribution in [0, 0.1) is 11.3 Å². The van der Waals surface area contributed by atoms with Crippen molar-refractivity contribution in [3.05, 3.63) is 36.5 Å². The van der Waals surface area contributed by atoms with E-state index in [0.29, 0.717) is 0 Å². The minimum Gasteiger partial charge on any atom is -0.335 e. The number of nitrogens with one attached hydrogen (secondary N) is 2.